The molecule has 10 nitrogen and oxygen atoms in total. The third kappa shape index (κ3) is 48.6. The molecule has 0 N–H and O–H groups in total. The second kappa shape index (κ2) is 54.4. The molecule has 0 heterocycles. The number of hydrogen-bond donors (Lipinski definition) is 0. The molecular formula is C61H109NO9. The molecule has 2 unspecified atom stereocenters. The highest BCUT2D eigenvalue weighted by Crippen LogP contribution is 2.17. The third-order valence-electron chi connectivity index (χ3n) is 12.9. The summed E-state index contributed by atoms with van der Waals surface area (Å²) in [6.45, 7) is 13.1. The van der Waals surface area contributed by atoms with E-state index in [1.807, 2.05) is 0 Å². The fraction of sp³-hybridized carbons (Fsp3) is 0.803. The Hall–Kier alpha value is -3.40. The average molecular weight is 1000 g/mol. The molecule has 0 radical (unpaired) electrons. The van der Waals surface area contributed by atoms with Gasteiger partial charge in [0, 0.05) is 19.4 Å². The Morgan fingerprint density at radius 2 is 0.789 bits per heavy atom. The first-order valence-electron chi connectivity index (χ1n) is 29.5. The molecule has 0 aromatic heterocycles. The van der Waals surface area contributed by atoms with E-state index in [9.17, 15) is 19.2 Å². The van der Waals surface area contributed by atoms with Gasteiger partial charge in [-0.05, 0) is 109 Å². The summed E-state index contributed by atoms with van der Waals surface area (Å²) in [4.78, 5) is 54.7. The molecule has 0 amide bonds. The minimum absolute atomic E-state index is 0.174. The Bertz CT molecular complexity index is 1280. The highest BCUT2D eigenvalue weighted by Gasteiger charge is 2.29. The molecular weight excluding hydrogens is 891 g/mol. The van der Waals surface area contributed by atoms with Crippen molar-refractivity contribution in [3.63, 3.8) is 0 Å². The predicted molar refractivity (Wildman–Crippen MR) is 296 cm³/mol. The maximum Gasteiger partial charge on any atom is 0.509 e. The zero-order valence-electron chi connectivity index (χ0n) is 46.6. The summed E-state index contributed by atoms with van der Waals surface area (Å²) in [5.41, 5.74) is 0. The molecule has 0 rings (SSSR count). The van der Waals surface area contributed by atoms with Gasteiger partial charge < -0.3 is 28.6 Å². The van der Waals surface area contributed by atoms with Crippen LogP contribution in [-0.4, -0.2) is 80.6 Å². The van der Waals surface area contributed by atoms with Crippen LogP contribution in [0.25, 0.3) is 0 Å². The SMILES string of the molecule is CCCCCC=CCC=CCCCCCCCC(=O)OCC(COC(=O)CCCCCCC/C=C\C/C=C\CCCCC)OC(=O)C(CCCCCCCCCCCC)OC(=O)OCCCN(CC)CC. The molecule has 0 spiro atoms. The fourth-order valence-corrected chi connectivity index (χ4v) is 8.21. The molecule has 0 aromatic rings. The summed E-state index contributed by atoms with van der Waals surface area (Å²) in [6.07, 6.45) is 51.5. The molecule has 0 aromatic carbocycles. The number of carbonyl (C=O) groups is 4. The molecule has 412 valence electrons. The maximum atomic E-state index is 13.8. The summed E-state index contributed by atoms with van der Waals surface area (Å²) < 4.78 is 28.1. The number of esters is 3. The van der Waals surface area contributed by atoms with Gasteiger partial charge in [-0.2, -0.15) is 0 Å². The molecule has 0 bridgehead atoms. The van der Waals surface area contributed by atoms with E-state index in [1.54, 1.807) is 0 Å². The van der Waals surface area contributed by atoms with Gasteiger partial charge in [0.15, 0.2) is 6.10 Å². The van der Waals surface area contributed by atoms with Crippen LogP contribution in [0.3, 0.4) is 0 Å². The number of carbonyl (C=O) groups excluding carboxylic acids is 4. The van der Waals surface area contributed by atoms with E-state index in [4.69, 9.17) is 23.7 Å². The van der Waals surface area contributed by atoms with Gasteiger partial charge in [0.25, 0.3) is 0 Å². The van der Waals surface area contributed by atoms with E-state index in [0.717, 1.165) is 116 Å². The highest BCUT2D eigenvalue weighted by atomic mass is 16.7. The predicted octanol–water partition coefficient (Wildman–Crippen LogP) is 17.2. The summed E-state index contributed by atoms with van der Waals surface area (Å²) in [5.74, 6) is -1.54. The number of nitrogens with zero attached hydrogens (tertiary/aromatic N) is 1. The van der Waals surface area contributed by atoms with Gasteiger partial charge in [-0.1, -0.05) is 205 Å². The Labute approximate surface area is 436 Å². The summed E-state index contributed by atoms with van der Waals surface area (Å²) >= 11 is 0. The van der Waals surface area contributed by atoms with E-state index in [0.29, 0.717) is 25.7 Å². The number of allylic oxidation sites excluding steroid dienone is 8. The van der Waals surface area contributed by atoms with Crippen LogP contribution in [0.1, 0.15) is 266 Å². The minimum atomic E-state index is -1.20. The van der Waals surface area contributed by atoms with Crippen molar-refractivity contribution in [2.24, 2.45) is 0 Å². The zero-order valence-corrected chi connectivity index (χ0v) is 46.6. The summed E-state index contributed by atoms with van der Waals surface area (Å²) in [7, 11) is 0. The van der Waals surface area contributed by atoms with Crippen molar-refractivity contribution in [2.45, 2.75) is 278 Å². The van der Waals surface area contributed by atoms with E-state index >= 15 is 0 Å². The normalized spacial score (nSPS) is 12.7. The lowest BCUT2D eigenvalue weighted by molar-refractivity contribution is -0.174. The first-order chi connectivity index (χ1) is 34.8. The van der Waals surface area contributed by atoms with Gasteiger partial charge in [0.2, 0.25) is 6.10 Å². The van der Waals surface area contributed by atoms with Crippen molar-refractivity contribution in [3.05, 3.63) is 48.6 Å². The zero-order chi connectivity index (χ0) is 51.9. The summed E-state index contributed by atoms with van der Waals surface area (Å²) in [6, 6.07) is 0. The lowest BCUT2D eigenvalue weighted by Crippen LogP contribution is -2.37. The molecule has 0 aliphatic rings. The number of ether oxygens (including phenoxy) is 5. The van der Waals surface area contributed by atoms with Crippen LogP contribution in [0.4, 0.5) is 4.79 Å². The van der Waals surface area contributed by atoms with E-state index < -0.39 is 24.3 Å². The monoisotopic (exact) mass is 1000 g/mol. The van der Waals surface area contributed by atoms with Crippen LogP contribution >= 0.6 is 0 Å². The van der Waals surface area contributed by atoms with E-state index in [1.165, 1.54) is 89.9 Å². The quantitative estimate of drug-likeness (QED) is 0.0252. The second-order valence-electron chi connectivity index (χ2n) is 19.4. The van der Waals surface area contributed by atoms with Crippen molar-refractivity contribution in [1.82, 2.24) is 4.90 Å². The van der Waals surface area contributed by atoms with Crippen LogP contribution in [0, 0.1) is 0 Å². The summed E-state index contributed by atoms with van der Waals surface area (Å²) in [5, 5.41) is 0. The Morgan fingerprint density at radius 3 is 1.23 bits per heavy atom. The Morgan fingerprint density at radius 1 is 0.408 bits per heavy atom. The smallest absolute Gasteiger partial charge is 0.462 e. The second-order valence-corrected chi connectivity index (χ2v) is 19.4. The first kappa shape index (κ1) is 67.6. The van der Waals surface area contributed by atoms with Crippen LogP contribution in [0.15, 0.2) is 48.6 Å². The van der Waals surface area contributed by atoms with Gasteiger partial charge in [-0.3, -0.25) is 9.59 Å². The van der Waals surface area contributed by atoms with Gasteiger partial charge in [-0.15, -0.1) is 0 Å². The van der Waals surface area contributed by atoms with Crippen molar-refractivity contribution >= 4 is 24.1 Å². The van der Waals surface area contributed by atoms with E-state index in [-0.39, 0.29) is 51.0 Å². The lowest BCUT2D eigenvalue weighted by Gasteiger charge is -2.22. The molecule has 10 heteroatoms. The molecule has 2 atom stereocenters. The Balaban J connectivity index is 5.25. The lowest BCUT2D eigenvalue weighted by atomic mass is 10.0. The molecule has 0 saturated carbocycles. The largest absolute Gasteiger partial charge is 0.509 e. The van der Waals surface area contributed by atoms with Gasteiger partial charge in [0.1, 0.15) is 13.2 Å². The van der Waals surface area contributed by atoms with Crippen molar-refractivity contribution in [1.29, 1.82) is 0 Å². The topological polar surface area (TPSA) is 118 Å². The molecule has 0 fully saturated rings. The van der Waals surface area contributed by atoms with Crippen LogP contribution in [0.5, 0.6) is 0 Å². The van der Waals surface area contributed by atoms with Crippen molar-refractivity contribution in [2.75, 3.05) is 39.5 Å². The molecule has 0 aliphatic heterocycles. The maximum absolute atomic E-state index is 13.8. The van der Waals surface area contributed by atoms with Crippen LogP contribution < -0.4 is 0 Å². The number of unbranched alkanes of at least 4 members (excludes halogenated alkanes) is 25. The standard InChI is InChI=1S/C61H109NO9/c1-6-11-14-17-20-23-26-28-30-32-34-37-40-43-46-50-58(63)68-54-56(55-69-59(64)51-47-44-41-38-35-33-31-29-27-24-21-18-15-12-7-2)70-60(65)57(49-45-42-39-36-25-22-19-16-13-8-3)71-61(66)67-53-48-52-62(9-4)10-5/h20-21,23-24,28-31,56-57H,6-19,22,25-27,32-55H2,1-5H3/b23-20-,24-21?,30-28-,31-29?. The molecule has 0 saturated heterocycles. The van der Waals surface area contributed by atoms with Crippen LogP contribution in [-0.2, 0) is 38.1 Å². The molecule has 71 heavy (non-hydrogen) atoms. The Kier molecular flexibility index (Phi) is 51.8. The highest BCUT2D eigenvalue weighted by molar-refractivity contribution is 5.77. The minimum Gasteiger partial charge on any atom is -0.462 e. The van der Waals surface area contributed by atoms with Gasteiger partial charge >= 0.3 is 24.1 Å². The van der Waals surface area contributed by atoms with Gasteiger partial charge in [0.05, 0.1) is 6.61 Å². The van der Waals surface area contributed by atoms with Crippen molar-refractivity contribution in [3.8, 4) is 0 Å². The fourth-order valence-electron chi connectivity index (χ4n) is 8.21. The number of hydrogen-bond acceptors (Lipinski definition) is 10. The average Bonchev–Trinajstić information content (AvgIpc) is 3.37. The van der Waals surface area contributed by atoms with E-state index in [2.05, 4.69) is 88.1 Å². The third-order valence-corrected chi connectivity index (χ3v) is 12.9. The van der Waals surface area contributed by atoms with Crippen molar-refractivity contribution < 1.29 is 42.9 Å². The van der Waals surface area contributed by atoms with Crippen LogP contribution in [0.2, 0.25) is 0 Å². The first-order valence-corrected chi connectivity index (χ1v) is 29.5. The number of rotatable bonds is 52. The van der Waals surface area contributed by atoms with Gasteiger partial charge in [-0.25, -0.2) is 9.59 Å². The molecule has 0 aliphatic carbocycles.